The minimum absolute atomic E-state index is 0.120. The van der Waals surface area contributed by atoms with E-state index in [1.54, 1.807) is 27.0 Å². The third-order valence-corrected chi connectivity index (χ3v) is 3.56. The second-order valence-electron chi connectivity index (χ2n) is 5.55. The molecular weight excluding hydrogens is 324 g/mol. The van der Waals surface area contributed by atoms with Gasteiger partial charge in [-0.3, -0.25) is 4.79 Å². The molecule has 1 atom stereocenters. The Morgan fingerprint density at radius 3 is 2.80 bits per heavy atom. The summed E-state index contributed by atoms with van der Waals surface area (Å²) < 4.78 is 15.5. The minimum Gasteiger partial charge on any atom is -0.496 e. The van der Waals surface area contributed by atoms with Crippen LogP contribution in [0.3, 0.4) is 0 Å². The maximum Gasteiger partial charge on any atom is 0.249 e. The first-order valence-electron chi connectivity index (χ1n) is 7.75. The van der Waals surface area contributed by atoms with Crippen LogP contribution in [0.25, 0.3) is 11.4 Å². The second-order valence-corrected chi connectivity index (χ2v) is 5.55. The molecule has 130 valence electrons. The third kappa shape index (κ3) is 3.85. The largest absolute Gasteiger partial charge is 0.496 e. The summed E-state index contributed by atoms with van der Waals surface area (Å²) in [5, 5.41) is 10.6. The number of nitrogens with zero attached hydrogens (tertiary/aromatic N) is 3. The predicted octanol–water partition coefficient (Wildman–Crippen LogP) is 2.46. The van der Waals surface area contributed by atoms with Crippen molar-refractivity contribution in [2.24, 2.45) is 0 Å². The summed E-state index contributed by atoms with van der Waals surface area (Å²) in [5.41, 5.74) is 1.29. The maximum absolute atomic E-state index is 12.1. The Balaban J connectivity index is 1.68. The Morgan fingerprint density at radius 2 is 2.08 bits per heavy atom. The van der Waals surface area contributed by atoms with Gasteiger partial charge in [-0.25, -0.2) is 0 Å². The summed E-state index contributed by atoms with van der Waals surface area (Å²) in [6, 6.07) is 8.66. The van der Waals surface area contributed by atoms with E-state index in [1.165, 1.54) is 0 Å². The van der Waals surface area contributed by atoms with E-state index in [-0.39, 0.29) is 12.3 Å². The molecule has 25 heavy (non-hydrogen) atoms. The van der Waals surface area contributed by atoms with Gasteiger partial charge in [0.25, 0.3) is 0 Å². The quantitative estimate of drug-likeness (QED) is 0.734. The van der Waals surface area contributed by atoms with Crippen LogP contribution in [0.4, 0.5) is 0 Å². The number of hydrogen-bond donors (Lipinski definition) is 1. The number of aryl methyl sites for hydroxylation is 1. The number of hydrogen-bond acceptors (Lipinski definition) is 7. The summed E-state index contributed by atoms with van der Waals surface area (Å²) in [6.45, 7) is 3.54. The van der Waals surface area contributed by atoms with Gasteiger partial charge < -0.3 is 19.1 Å². The monoisotopic (exact) mass is 342 g/mol. The first-order valence-corrected chi connectivity index (χ1v) is 7.75. The Labute approximate surface area is 144 Å². The highest BCUT2D eigenvalue weighted by atomic mass is 16.5. The number of ether oxygens (including phenoxy) is 1. The Morgan fingerprint density at radius 1 is 1.28 bits per heavy atom. The Hall–Kier alpha value is -3.16. The number of methoxy groups -OCH3 is 1. The lowest BCUT2D eigenvalue weighted by Crippen LogP contribution is -2.28. The van der Waals surface area contributed by atoms with Crippen LogP contribution in [-0.2, 0) is 11.2 Å². The number of amides is 1. The molecule has 0 bridgehead atoms. The fourth-order valence-electron chi connectivity index (χ4n) is 2.37. The standard InChI is InChI=1S/C17H18N4O4/c1-10-8-12(20-24-10)9-15(22)18-11(2)17-19-16(21-25-17)13-6-4-5-7-14(13)23-3/h4-8,11H,9H2,1-3H3,(H,18,22)/t11-/m0/s1. The van der Waals surface area contributed by atoms with Gasteiger partial charge in [0.2, 0.25) is 17.6 Å². The zero-order chi connectivity index (χ0) is 17.8. The van der Waals surface area contributed by atoms with E-state index in [0.29, 0.717) is 28.9 Å². The summed E-state index contributed by atoms with van der Waals surface area (Å²) in [4.78, 5) is 16.4. The van der Waals surface area contributed by atoms with Crippen molar-refractivity contribution >= 4 is 5.91 Å². The molecule has 0 saturated carbocycles. The molecule has 0 radical (unpaired) electrons. The lowest BCUT2D eigenvalue weighted by Gasteiger charge is -2.08. The average molecular weight is 342 g/mol. The molecule has 0 spiro atoms. The lowest BCUT2D eigenvalue weighted by molar-refractivity contribution is -0.121. The fraction of sp³-hybridized carbons (Fsp3) is 0.294. The van der Waals surface area contributed by atoms with Crippen molar-refractivity contribution in [3.8, 4) is 17.1 Å². The zero-order valence-corrected chi connectivity index (χ0v) is 14.1. The number of carbonyl (C=O) groups is 1. The molecule has 3 rings (SSSR count). The van der Waals surface area contributed by atoms with Crippen LogP contribution < -0.4 is 10.1 Å². The van der Waals surface area contributed by atoms with Crippen LogP contribution in [0, 0.1) is 6.92 Å². The average Bonchev–Trinajstić information content (AvgIpc) is 3.24. The smallest absolute Gasteiger partial charge is 0.249 e. The number of para-hydroxylation sites is 1. The summed E-state index contributed by atoms with van der Waals surface area (Å²) in [7, 11) is 1.58. The molecular formula is C17H18N4O4. The first-order chi connectivity index (χ1) is 12.1. The highest BCUT2D eigenvalue weighted by Crippen LogP contribution is 2.27. The summed E-state index contributed by atoms with van der Waals surface area (Å²) in [5.74, 6) is 1.81. The lowest BCUT2D eigenvalue weighted by atomic mass is 10.2. The van der Waals surface area contributed by atoms with E-state index in [2.05, 4.69) is 20.6 Å². The zero-order valence-electron chi connectivity index (χ0n) is 14.1. The minimum atomic E-state index is -0.434. The van der Waals surface area contributed by atoms with E-state index in [4.69, 9.17) is 13.8 Å². The maximum atomic E-state index is 12.1. The van der Waals surface area contributed by atoms with E-state index in [0.717, 1.165) is 5.56 Å². The molecule has 0 saturated heterocycles. The van der Waals surface area contributed by atoms with Crippen LogP contribution in [0.1, 0.15) is 30.3 Å². The van der Waals surface area contributed by atoms with Crippen molar-refractivity contribution in [2.75, 3.05) is 7.11 Å². The number of rotatable bonds is 6. The molecule has 1 amide bonds. The first kappa shape index (κ1) is 16.7. The number of carbonyl (C=O) groups excluding carboxylic acids is 1. The van der Waals surface area contributed by atoms with E-state index in [1.807, 2.05) is 24.3 Å². The van der Waals surface area contributed by atoms with E-state index in [9.17, 15) is 4.79 Å². The molecule has 3 aromatic rings. The Bertz CT molecular complexity index is 871. The molecule has 1 N–H and O–H groups in total. The number of aromatic nitrogens is 3. The predicted molar refractivity (Wildman–Crippen MR) is 87.8 cm³/mol. The summed E-state index contributed by atoms with van der Waals surface area (Å²) >= 11 is 0. The van der Waals surface area contributed by atoms with Gasteiger partial charge in [0.05, 0.1) is 24.8 Å². The Kier molecular flexibility index (Phi) is 4.78. The third-order valence-electron chi connectivity index (χ3n) is 3.56. The van der Waals surface area contributed by atoms with Crippen molar-refractivity contribution in [1.82, 2.24) is 20.6 Å². The molecule has 0 aliphatic rings. The van der Waals surface area contributed by atoms with Gasteiger partial charge in [0.1, 0.15) is 17.6 Å². The van der Waals surface area contributed by atoms with Gasteiger partial charge in [-0.2, -0.15) is 4.98 Å². The molecule has 8 heteroatoms. The normalized spacial score (nSPS) is 12.0. The molecule has 1 aromatic carbocycles. The van der Waals surface area contributed by atoms with Crippen LogP contribution in [0.2, 0.25) is 0 Å². The van der Waals surface area contributed by atoms with E-state index < -0.39 is 6.04 Å². The second kappa shape index (κ2) is 7.16. The molecule has 0 aliphatic carbocycles. The molecule has 0 unspecified atom stereocenters. The number of benzene rings is 1. The van der Waals surface area contributed by atoms with Crippen LogP contribution in [0.5, 0.6) is 5.75 Å². The van der Waals surface area contributed by atoms with Gasteiger partial charge in [0, 0.05) is 6.07 Å². The van der Waals surface area contributed by atoms with Gasteiger partial charge in [0.15, 0.2) is 0 Å². The van der Waals surface area contributed by atoms with Gasteiger partial charge >= 0.3 is 0 Å². The molecule has 2 heterocycles. The van der Waals surface area contributed by atoms with Gasteiger partial charge in [-0.1, -0.05) is 22.4 Å². The SMILES string of the molecule is COc1ccccc1-c1noc([C@H](C)NC(=O)Cc2cc(C)on2)n1. The van der Waals surface area contributed by atoms with Crippen molar-refractivity contribution < 1.29 is 18.6 Å². The molecule has 2 aromatic heterocycles. The van der Waals surface area contributed by atoms with Crippen molar-refractivity contribution in [1.29, 1.82) is 0 Å². The number of nitrogens with one attached hydrogen (secondary N) is 1. The summed E-state index contributed by atoms with van der Waals surface area (Å²) in [6.07, 6.45) is 0.120. The van der Waals surface area contributed by atoms with Crippen molar-refractivity contribution in [2.45, 2.75) is 26.3 Å². The van der Waals surface area contributed by atoms with Crippen molar-refractivity contribution in [3.05, 3.63) is 47.7 Å². The van der Waals surface area contributed by atoms with Crippen molar-refractivity contribution in [3.63, 3.8) is 0 Å². The fourth-order valence-corrected chi connectivity index (χ4v) is 2.37. The van der Waals surface area contributed by atoms with Crippen LogP contribution in [0.15, 0.2) is 39.4 Å². The van der Waals surface area contributed by atoms with Gasteiger partial charge in [-0.15, -0.1) is 0 Å². The van der Waals surface area contributed by atoms with Gasteiger partial charge in [-0.05, 0) is 26.0 Å². The molecule has 8 nitrogen and oxygen atoms in total. The van der Waals surface area contributed by atoms with Crippen LogP contribution >= 0.6 is 0 Å². The highest BCUT2D eigenvalue weighted by Gasteiger charge is 2.19. The van der Waals surface area contributed by atoms with E-state index >= 15 is 0 Å². The topological polar surface area (TPSA) is 103 Å². The van der Waals surface area contributed by atoms with Crippen LogP contribution in [-0.4, -0.2) is 28.3 Å². The highest BCUT2D eigenvalue weighted by molar-refractivity contribution is 5.78. The molecule has 0 fully saturated rings. The molecule has 0 aliphatic heterocycles.